The fourth-order valence-electron chi connectivity index (χ4n) is 5.26. The molecule has 0 aliphatic carbocycles. The molecule has 2 saturated heterocycles. The molecule has 0 radical (unpaired) electrons. The number of nitrogens with zero attached hydrogens (tertiary/aromatic N) is 4. The maximum Gasteiger partial charge on any atom is 0.334 e. The van der Waals surface area contributed by atoms with E-state index in [9.17, 15) is 14.0 Å². The number of hydrazine groups is 1. The lowest BCUT2D eigenvalue weighted by Crippen LogP contribution is -2.74. The van der Waals surface area contributed by atoms with Crippen molar-refractivity contribution in [1.29, 1.82) is 0 Å². The summed E-state index contributed by atoms with van der Waals surface area (Å²) < 4.78 is 13.3. The third-order valence-corrected chi connectivity index (χ3v) is 7.48. The number of hydrogen-bond acceptors (Lipinski definition) is 4. The van der Waals surface area contributed by atoms with Gasteiger partial charge in [0.15, 0.2) is 0 Å². The molecule has 0 aromatic heterocycles. The van der Waals surface area contributed by atoms with E-state index in [-0.39, 0.29) is 42.8 Å². The van der Waals surface area contributed by atoms with Crippen LogP contribution in [0.3, 0.4) is 0 Å². The molecule has 2 aliphatic rings. The number of piperazine rings is 1. The van der Waals surface area contributed by atoms with Gasteiger partial charge in [-0.15, -0.1) is 0 Å². The molecule has 0 bridgehead atoms. The minimum absolute atomic E-state index is 0.0105. The minimum atomic E-state index is -0.436. The van der Waals surface area contributed by atoms with Crippen LogP contribution in [-0.2, 0) is 11.3 Å². The molecule has 1 aromatic carbocycles. The van der Waals surface area contributed by atoms with Crippen molar-refractivity contribution in [2.24, 2.45) is 5.92 Å². The number of allylic oxidation sites excluding steroid dienone is 1. The average Bonchev–Trinajstić information content (AvgIpc) is 2.86. The molecule has 1 N–H and O–H groups in total. The first-order valence-corrected chi connectivity index (χ1v) is 13.1. The van der Waals surface area contributed by atoms with E-state index >= 15 is 0 Å². The van der Waals surface area contributed by atoms with Crippen LogP contribution in [0.4, 0.5) is 9.18 Å². The maximum absolute atomic E-state index is 13.5. The van der Waals surface area contributed by atoms with Gasteiger partial charge in [-0.2, -0.15) is 0 Å². The van der Waals surface area contributed by atoms with Crippen molar-refractivity contribution in [3.8, 4) is 0 Å². The lowest BCUT2D eigenvalue weighted by molar-refractivity contribution is -0.177. The van der Waals surface area contributed by atoms with Gasteiger partial charge in [0, 0.05) is 25.8 Å². The van der Waals surface area contributed by atoms with Crippen LogP contribution >= 0.6 is 0 Å². The summed E-state index contributed by atoms with van der Waals surface area (Å²) in [6.45, 7) is 14.7. The highest BCUT2D eigenvalue weighted by molar-refractivity contribution is 5.83. The van der Waals surface area contributed by atoms with Crippen molar-refractivity contribution in [2.45, 2.75) is 72.1 Å². The molecule has 2 fully saturated rings. The lowest BCUT2D eigenvalue weighted by Gasteiger charge is -2.57. The van der Waals surface area contributed by atoms with E-state index in [1.165, 1.54) is 17.7 Å². The molecular weight excluding hydrogens is 457 g/mol. The Hall–Kier alpha value is -2.87. The van der Waals surface area contributed by atoms with Crippen LogP contribution in [-0.4, -0.2) is 70.6 Å². The van der Waals surface area contributed by atoms with Crippen molar-refractivity contribution in [2.75, 3.05) is 26.7 Å². The first kappa shape index (κ1) is 27.7. The number of fused-ring (bicyclic) bond motifs is 1. The number of nitrogens with one attached hydrogen (secondary N) is 1. The van der Waals surface area contributed by atoms with Crippen LogP contribution in [0.1, 0.15) is 58.9 Å². The number of benzene rings is 1. The third kappa shape index (κ3) is 6.09. The maximum atomic E-state index is 13.5. The van der Waals surface area contributed by atoms with Crippen LogP contribution < -0.4 is 5.32 Å². The third-order valence-electron chi connectivity index (χ3n) is 7.48. The van der Waals surface area contributed by atoms with Gasteiger partial charge in [0.1, 0.15) is 12.0 Å². The fourth-order valence-corrected chi connectivity index (χ4v) is 5.26. The summed E-state index contributed by atoms with van der Waals surface area (Å²) in [5.41, 5.74) is 3.18. The highest BCUT2D eigenvalue weighted by atomic mass is 19.1. The van der Waals surface area contributed by atoms with Crippen LogP contribution in [0.25, 0.3) is 0 Å². The van der Waals surface area contributed by atoms with Crippen LogP contribution in [0.15, 0.2) is 48.2 Å². The summed E-state index contributed by atoms with van der Waals surface area (Å²) in [5, 5.41) is 6.34. The average molecular weight is 500 g/mol. The normalized spacial score (nSPS) is 22.1. The largest absolute Gasteiger partial charge is 0.369 e. The second kappa shape index (κ2) is 12.4. The smallest absolute Gasteiger partial charge is 0.334 e. The van der Waals surface area contributed by atoms with Crippen LogP contribution in [0.2, 0.25) is 0 Å². The molecule has 3 atom stereocenters. The molecule has 2 heterocycles. The number of hydrogen-bond donors (Lipinski definition) is 1. The molecule has 2 aliphatic heterocycles. The molecule has 198 valence electrons. The second-order valence-electron chi connectivity index (χ2n) is 9.94. The summed E-state index contributed by atoms with van der Waals surface area (Å²) in [4.78, 5) is 30.9. The van der Waals surface area contributed by atoms with E-state index < -0.39 is 6.17 Å². The summed E-state index contributed by atoms with van der Waals surface area (Å²) in [7, 11) is 1.78. The summed E-state index contributed by atoms with van der Waals surface area (Å²) in [6, 6.07) is 5.64. The molecule has 0 saturated carbocycles. The zero-order valence-corrected chi connectivity index (χ0v) is 22.5. The molecule has 3 rings (SSSR count). The van der Waals surface area contributed by atoms with Crippen LogP contribution in [0, 0.1) is 11.7 Å². The van der Waals surface area contributed by atoms with Gasteiger partial charge in [-0.3, -0.25) is 4.79 Å². The highest BCUT2D eigenvalue weighted by Crippen LogP contribution is 2.35. The lowest BCUT2D eigenvalue weighted by atomic mass is 9.90. The number of carbonyl (C=O) groups excluding carboxylic acids is 2. The Bertz CT molecular complexity index is 963. The van der Waals surface area contributed by atoms with Gasteiger partial charge in [0.2, 0.25) is 5.91 Å². The first-order valence-electron chi connectivity index (χ1n) is 13.1. The van der Waals surface area contributed by atoms with E-state index in [1.54, 1.807) is 29.2 Å². The zero-order valence-electron chi connectivity index (χ0n) is 22.5. The molecule has 7 nitrogen and oxygen atoms in total. The Morgan fingerprint density at radius 3 is 2.56 bits per heavy atom. The first-order chi connectivity index (χ1) is 17.2. The highest BCUT2D eigenvalue weighted by Gasteiger charge is 2.49. The fraction of sp³-hybridized carbons (Fsp3) is 0.571. The Labute approximate surface area is 215 Å². The topological polar surface area (TPSA) is 59.1 Å². The van der Waals surface area contributed by atoms with Gasteiger partial charge in [0.05, 0.1) is 19.1 Å². The van der Waals surface area contributed by atoms with E-state index in [0.29, 0.717) is 6.54 Å². The van der Waals surface area contributed by atoms with Crippen molar-refractivity contribution in [3.05, 3.63) is 59.6 Å². The quantitative estimate of drug-likeness (QED) is 0.499. The SMILES string of the molecule is C=C1[C@H](C(C)CC)N2C(=O)CN(C)N(C(=O)NCc3ccc(F)cc3)[C@H]2CN1CC/C(=C/C)CCC. The van der Waals surface area contributed by atoms with Crippen molar-refractivity contribution < 1.29 is 14.0 Å². The van der Waals surface area contributed by atoms with Crippen molar-refractivity contribution >= 4 is 11.9 Å². The monoisotopic (exact) mass is 499 g/mol. The van der Waals surface area contributed by atoms with Gasteiger partial charge in [0.25, 0.3) is 0 Å². The van der Waals surface area contributed by atoms with Gasteiger partial charge in [-0.25, -0.2) is 19.2 Å². The van der Waals surface area contributed by atoms with Crippen molar-refractivity contribution in [1.82, 2.24) is 25.1 Å². The number of rotatable bonds is 9. The molecule has 0 spiro atoms. The summed E-state index contributed by atoms with van der Waals surface area (Å²) in [5.74, 6) is -0.0963. The Morgan fingerprint density at radius 1 is 1.25 bits per heavy atom. The summed E-state index contributed by atoms with van der Waals surface area (Å²) >= 11 is 0. The van der Waals surface area contributed by atoms with Gasteiger partial charge < -0.3 is 15.1 Å². The number of urea groups is 1. The van der Waals surface area contributed by atoms with Crippen LogP contribution in [0.5, 0.6) is 0 Å². The predicted octanol–water partition coefficient (Wildman–Crippen LogP) is 4.73. The molecular formula is C28H42FN5O2. The molecule has 8 heteroatoms. The predicted molar refractivity (Wildman–Crippen MR) is 141 cm³/mol. The van der Waals surface area contributed by atoms with E-state index in [2.05, 4.69) is 50.6 Å². The number of carbonyl (C=O) groups is 2. The number of likely N-dealkylation sites (N-methyl/N-ethyl adjacent to an activating group) is 1. The minimum Gasteiger partial charge on any atom is -0.369 e. The molecule has 1 aromatic rings. The van der Waals surface area contributed by atoms with Gasteiger partial charge in [-0.05, 0) is 43.4 Å². The van der Waals surface area contributed by atoms with E-state index in [0.717, 1.165) is 43.5 Å². The number of amides is 3. The Kier molecular flexibility index (Phi) is 9.54. The Morgan fingerprint density at radius 2 is 1.94 bits per heavy atom. The van der Waals surface area contributed by atoms with Gasteiger partial charge in [-0.1, -0.05) is 64.0 Å². The number of halogens is 1. The zero-order chi connectivity index (χ0) is 26.4. The molecule has 36 heavy (non-hydrogen) atoms. The van der Waals surface area contributed by atoms with Crippen molar-refractivity contribution in [3.63, 3.8) is 0 Å². The summed E-state index contributed by atoms with van der Waals surface area (Å²) in [6.07, 6.45) is 5.77. The molecule has 1 unspecified atom stereocenters. The standard InChI is InChI=1S/C28H42FN5O2/c1-7-10-22(9-3)15-16-32-18-25-33(27(21(32)5)20(4)8-2)26(35)19-31(6)34(25)28(36)30-17-23-11-13-24(29)14-12-23/h9,11-14,20,25,27H,5,7-8,10,15-19H2,1-4,6H3,(H,30,36)/b22-9+/t20?,25-,27-/m0/s1. The van der Waals surface area contributed by atoms with Gasteiger partial charge >= 0.3 is 6.03 Å². The Balaban J connectivity index is 1.85. The van der Waals surface area contributed by atoms with E-state index in [1.807, 2.05) is 4.90 Å². The van der Waals surface area contributed by atoms with E-state index in [4.69, 9.17) is 0 Å². The molecule has 3 amide bonds. The second-order valence-corrected chi connectivity index (χ2v) is 9.94.